The number of amides is 2. The van der Waals surface area contributed by atoms with Crippen LogP contribution in [0.1, 0.15) is 32.7 Å². The van der Waals surface area contributed by atoms with E-state index in [1.54, 1.807) is 13.8 Å². The molecule has 0 aromatic carbocycles. The Morgan fingerprint density at radius 1 is 1.33 bits per heavy atom. The first-order valence-corrected chi connectivity index (χ1v) is 12.6. The molecule has 1 aromatic rings. The summed E-state index contributed by atoms with van der Waals surface area (Å²) in [5.41, 5.74) is 2.04. The van der Waals surface area contributed by atoms with Crippen molar-refractivity contribution in [3.63, 3.8) is 0 Å². The molecule has 1 saturated carbocycles. The van der Waals surface area contributed by atoms with Crippen LogP contribution in [0.2, 0.25) is 0 Å². The highest BCUT2D eigenvalue weighted by Crippen LogP contribution is 2.47. The summed E-state index contributed by atoms with van der Waals surface area (Å²) in [5, 5.41) is 2.52. The molecule has 0 bridgehead atoms. The van der Waals surface area contributed by atoms with Crippen LogP contribution in [-0.4, -0.2) is 34.0 Å². The van der Waals surface area contributed by atoms with Gasteiger partial charge < -0.3 is 9.88 Å². The number of carbonyl (C=O) groups is 1. The Kier molecular flexibility index (Phi) is 5.64. The lowest BCUT2D eigenvalue weighted by Gasteiger charge is -2.35. The smallest absolute Gasteiger partial charge is 0.329 e. The molecule has 8 nitrogen and oxygen atoms in total. The summed E-state index contributed by atoms with van der Waals surface area (Å²) < 4.78 is 29.1. The summed E-state index contributed by atoms with van der Waals surface area (Å²) >= 11 is 2.43. The van der Waals surface area contributed by atoms with Gasteiger partial charge in [0.05, 0.1) is 6.20 Å². The number of allylic oxidation sites excluding steroid dienone is 3. The second-order valence-electron chi connectivity index (χ2n) is 8.04. The molecule has 3 aliphatic rings. The van der Waals surface area contributed by atoms with Crippen LogP contribution < -0.4 is 15.6 Å². The van der Waals surface area contributed by atoms with Gasteiger partial charge in [-0.15, -0.1) is 0 Å². The van der Waals surface area contributed by atoms with Crippen LogP contribution in [-0.2, 0) is 10.0 Å². The maximum Gasteiger partial charge on any atom is 0.329 e. The molecule has 4 atom stereocenters. The molecule has 3 aliphatic carbocycles. The van der Waals surface area contributed by atoms with Crippen LogP contribution in [0.3, 0.4) is 0 Å². The molecule has 2 amide bonds. The minimum Gasteiger partial charge on any atom is -0.333 e. The van der Waals surface area contributed by atoms with Crippen molar-refractivity contribution >= 4 is 38.6 Å². The number of aromatic nitrogens is 2. The van der Waals surface area contributed by atoms with E-state index in [2.05, 4.69) is 43.7 Å². The molecule has 0 aliphatic heterocycles. The fraction of sp³-hybridized carbons (Fsp3) is 0.450. The molecular weight excluding hydrogens is 519 g/mol. The number of alkyl halides is 1. The zero-order valence-corrected chi connectivity index (χ0v) is 19.6. The maximum absolute atomic E-state index is 12.7. The lowest BCUT2D eigenvalue weighted by molar-refractivity contribution is 0.233. The van der Waals surface area contributed by atoms with Crippen LogP contribution in [0.4, 0.5) is 4.79 Å². The Labute approximate surface area is 188 Å². The van der Waals surface area contributed by atoms with Crippen LogP contribution in [0.5, 0.6) is 0 Å². The molecule has 0 saturated heterocycles. The van der Waals surface area contributed by atoms with E-state index in [-0.39, 0.29) is 28.9 Å². The summed E-state index contributed by atoms with van der Waals surface area (Å²) in [6, 6.07) is -1.23. The van der Waals surface area contributed by atoms with Crippen LogP contribution in [0.25, 0.3) is 0 Å². The predicted molar refractivity (Wildman–Crippen MR) is 121 cm³/mol. The van der Waals surface area contributed by atoms with Crippen molar-refractivity contribution in [2.24, 2.45) is 11.8 Å². The Bertz CT molecular complexity index is 1140. The highest BCUT2D eigenvalue weighted by molar-refractivity contribution is 14.1. The summed E-state index contributed by atoms with van der Waals surface area (Å²) in [4.78, 5) is 28.2. The molecule has 30 heavy (non-hydrogen) atoms. The van der Waals surface area contributed by atoms with E-state index in [9.17, 15) is 18.0 Å². The number of carbonyl (C=O) groups excluding carboxylic acids is 1. The minimum atomic E-state index is -4.22. The summed E-state index contributed by atoms with van der Waals surface area (Å²) in [6.45, 7) is 3.52. The third-order valence-corrected chi connectivity index (χ3v) is 8.39. The van der Waals surface area contributed by atoms with Crippen LogP contribution in [0.15, 0.2) is 57.7 Å². The van der Waals surface area contributed by atoms with Gasteiger partial charge in [-0.2, -0.15) is 8.42 Å². The highest BCUT2D eigenvalue weighted by Gasteiger charge is 2.43. The molecule has 160 valence electrons. The lowest BCUT2D eigenvalue weighted by atomic mass is 9.76. The van der Waals surface area contributed by atoms with Crippen molar-refractivity contribution in [1.82, 2.24) is 19.6 Å². The van der Waals surface area contributed by atoms with Gasteiger partial charge in [0, 0.05) is 34.0 Å². The molecule has 10 heteroatoms. The first-order chi connectivity index (χ1) is 14.2. The molecule has 1 aromatic heterocycles. The highest BCUT2D eigenvalue weighted by atomic mass is 127. The average molecular weight is 542 g/mol. The SMILES string of the molecule is CC(C)n1cc(S(=O)(=O)NC(=O)NC2C3C=CC=C3C=C3C(I)CCC32)ncc1=O. The molecule has 0 radical (unpaired) electrons. The van der Waals surface area contributed by atoms with Gasteiger partial charge in [0.2, 0.25) is 0 Å². The van der Waals surface area contributed by atoms with Gasteiger partial charge in [0.25, 0.3) is 15.6 Å². The Hall–Kier alpha value is -1.95. The van der Waals surface area contributed by atoms with E-state index in [4.69, 9.17) is 0 Å². The Balaban J connectivity index is 1.54. The van der Waals surface area contributed by atoms with Crippen molar-refractivity contribution in [2.75, 3.05) is 0 Å². The van der Waals surface area contributed by atoms with E-state index in [1.165, 1.54) is 10.1 Å². The van der Waals surface area contributed by atoms with Gasteiger partial charge in [-0.25, -0.2) is 14.5 Å². The normalized spacial score (nSPS) is 27.3. The van der Waals surface area contributed by atoms with Gasteiger partial charge >= 0.3 is 6.03 Å². The number of sulfonamides is 1. The number of hydrogen-bond acceptors (Lipinski definition) is 5. The molecular formula is C20H23IN4O4S. The number of urea groups is 1. The van der Waals surface area contributed by atoms with Crippen molar-refractivity contribution in [1.29, 1.82) is 0 Å². The van der Waals surface area contributed by atoms with E-state index >= 15 is 0 Å². The summed E-state index contributed by atoms with van der Waals surface area (Å²) in [5.74, 6) is 0.223. The fourth-order valence-corrected chi connectivity index (χ4v) is 6.24. The standard InChI is InChI=1S/C20H23IN4O4S/c1-11(2)25-10-17(22-9-18(25)26)30(28,29)24-20(27)23-19-13-5-3-4-12(13)8-15-14(19)6-7-16(15)21/h3-5,8-11,13-14,16,19H,6-7H2,1-2H3,(H2,23,24,27). The maximum atomic E-state index is 12.7. The Morgan fingerprint density at radius 3 is 2.83 bits per heavy atom. The molecule has 4 unspecified atom stereocenters. The first-order valence-electron chi connectivity index (χ1n) is 9.83. The Morgan fingerprint density at radius 2 is 2.10 bits per heavy atom. The fourth-order valence-electron chi connectivity index (χ4n) is 4.39. The van der Waals surface area contributed by atoms with Gasteiger partial charge in [-0.1, -0.05) is 52.5 Å². The van der Waals surface area contributed by atoms with E-state index < -0.39 is 21.6 Å². The van der Waals surface area contributed by atoms with Crippen LogP contribution >= 0.6 is 22.6 Å². The lowest BCUT2D eigenvalue weighted by Crippen LogP contribution is -2.51. The number of fused-ring (bicyclic) bond motifs is 2. The van der Waals surface area contributed by atoms with Crippen molar-refractivity contribution < 1.29 is 13.2 Å². The van der Waals surface area contributed by atoms with Crippen LogP contribution in [0, 0.1) is 11.8 Å². The number of hydrogen-bond donors (Lipinski definition) is 2. The molecule has 0 spiro atoms. The number of nitrogens with one attached hydrogen (secondary N) is 2. The van der Waals surface area contributed by atoms with Crippen molar-refractivity contribution in [3.8, 4) is 0 Å². The average Bonchev–Trinajstić information content (AvgIpc) is 3.28. The van der Waals surface area contributed by atoms with Crippen molar-refractivity contribution in [2.45, 2.75) is 47.7 Å². The van der Waals surface area contributed by atoms with E-state index in [0.29, 0.717) is 3.92 Å². The molecule has 1 heterocycles. The van der Waals surface area contributed by atoms with Gasteiger partial charge in [0.1, 0.15) is 0 Å². The van der Waals surface area contributed by atoms with Gasteiger partial charge in [0.15, 0.2) is 5.03 Å². The van der Waals surface area contributed by atoms with Gasteiger partial charge in [-0.05, 0) is 32.3 Å². The predicted octanol–water partition coefficient (Wildman–Crippen LogP) is 2.45. The van der Waals surface area contributed by atoms with E-state index in [1.807, 2.05) is 18.2 Å². The zero-order valence-electron chi connectivity index (χ0n) is 16.6. The first kappa shape index (κ1) is 21.3. The van der Waals surface area contributed by atoms with Gasteiger partial charge in [-0.3, -0.25) is 4.79 Å². The number of halogens is 1. The third kappa shape index (κ3) is 3.86. The second-order valence-corrected chi connectivity index (χ2v) is 11.2. The number of rotatable bonds is 4. The molecule has 1 fully saturated rings. The zero-order chi connectivity index (χ0) is 21.6. The second kappa shape index (κ2) is 7.95. The molecule has 2 N–H and O–H groups in total. The molecule has 4 rings (SSSR count). The topological polar surface area (TPSA) is 110 Å². The largest absolute Gasteiger partial charge is 0.333 e. The van der Waals surface area contributed by atoms with E-state index in [0.717, 1.165) is 30.8 Å². The summed E-state index contributed by atoms with van der Waals surface area (Å²) in [6.07, 6.45) is 12.4. The minimum absolute atomic E-state index is 0.0369. The monoisotopic (exact) mass is 542 g/mol. The number of nitrogens with zero attached hydrogens (tertiary/aromatic N) is 2. The summed E-state index contributed by atoms with van der Waals surface area (Å²) in [7, 11) is -4.22. The quantitative estimate of drug-likeness (QED) is 0.449. The third-order valence-electron chi connectivity index (χ3n) is 5.83. The van der Waals surface area contributed by atoms with Crippen molar-refractivity contribution in [3.05, 3.63) is 58.2 Å².